The zero-order chi connectivity index (χ0) is 9.84. The van der Waals surface area contributed by atoms with Gasteiger partial charge in [0.2, 0.25) is 5.28 Å². The summed E-state index contributed by atoms with van der Waals surface area (Å²) in [6.45, 7) is 7.34. The summed E-state index contributed by atoms with van der Waals surface area (Å²) in [6, 6.07) is 0. The van der Waals surface area contributed by atoms with Crippen LogP contribution in [-0.2, 0) is 4.84 Å². The molecule has 13 heavy (non-hydrogen) atoms. The van der Waals surface area contributed by atoms with Crippen LogP contribution in [0.1, 0.15) is 27.2 Å². The molecule has 1 fully saturated rings. The second-order valence-electron chi connectivity index (χ2n) is 3.80. The molecule has 0 aliphatic carbocycles. The van der Waals surface area contributed by atoms with Gasteiger partial charge >= 0.3 is 0 Å². The van der Waals surface area contributed by atoms with Crippen molar-refractivity contribution in [2.75, 3.05) is 13.1 Å². The third kappa shape index (κ3) is 3.08. The van der Waals surface area contributed by atoms with Crippen LogP contribution >= 0.6 is 0 Å². The van der Waals surface area contributed by atoms with Crippen molar-refractivity contribution in [1.82, 2.24) is 5.01 Å². The van der Waals surface area contributed by atoms with Gasteiger partial charge in [0.1, 0.15) is 6.10 Å². The molecule has 0 aromatic carbocycles. The standard InChI is InChI=1S/C8H17N3O2/c1-7(2)13-9-11(12)10-5-4-8(3)6-10/h7-8H,4-6H2,1-3H3/b11-9-. The molecule has 0 amide bonds. The zero-order valence-electron chi connectivity index (χ0n) is 8.43. The van der Waals surface area contributed by atoms with E-state index >= 15 is 0 Å². The minimum atomic E-state index is -0.0449. The zero-order valence-corrected chi connectivity index (χ0v) is 8.43. The van der Waals surface area contributed by atoms with Gasteiger partial charge < -0.3 is 10.0 Å². The molecule has 1 saturated heterocycles. The van der Waals surface area contributed by atoms with Crippen molar-refractivity contribution in [3.05, 3.63) is 5.21 Å². The first-order valence-corrected chi connectivity index (χ1v) is 4.68. The Kier molecular flexibility index (Phi) is 3.33. The first-order chi connectivity index (χ1) is 6.09. The van der Waals surface area contributed by atoms with E-state index in [4.69, 9.17) is 4.84 Å². The number of hydrazine groups is 1. The van der Waals surface area contributed by atoms with Crippen molar-refractivity contribution in [3.63, 3.8) is 0 Å². The lowest BCUT2D eigenvalue weighted by Gasteiger charge is -2.11. The molecule has 0 bridgehead atoms. The molecular formula is C8H17N3O2. The summed E-state index contributed by atoms with van der Waals surface area (Å²) in [5.74, 6) is 0.575. The van der Waals surface area contributed by atoms with Gasteiger partial charge in [0.05, 0.1) is 18.1 Å². The quantitative estimate of drug-likeness (QED) is 0.382. The summed E-state index contributed by atoms with van der Waals surface area (Å²) >= 11 is 0. The molecule has 1 heterocycles. The highest BCUT2D eigenvalue weighted by Crippen LogP contribution is 2.14. The minimum Gasteiger partial charge on any atom is -0.569 e. The summed E-state index contributed by atoms with van der Waals surface area (Å²) in [5.41, 5.74) is 0. The van der Waals surface area contributed by atoms with Gasteiger partial charge in [0.15, 0.2) is 0 Å². The second kappa shape index (κ2) is 4.30. The van der Waals surface area contributed by atoms with Crippen LogP contribution in [0.25, 0.3) is 0 Å². The summed E-state index contributed by atoms with van der Waals surface area (Å²) in [6.07, 6.45) is 1.01. The van der Waals surface area contributed by atoms with E-state index in [1.165, 1.54) is 0 Å². The van der Waals surface area contributed by atoms with Crippen LogP contribution in [0.2, 0.25) is 0 Å². The number of hydrogen-bond acceptors (Lipinski definition) is 3. The third-order valence-electron chi connectivity index (χ3n) is 1.97. The lowest BCUT2D eigenvalue weighted by molar-refractivity contribution is -0.708. The lowest BCUT2D eigenvalue weighted by atomic mass is 10.2. The molecule has 5 nitrogen and oxygen atoms in total. The van der Waals surface area contributed by atoms with Gasteiger partial charge in [-0.2, -0.15) is 0 Å². The molecule has 0 spiro atoms. The molecule has 5 heteroatoms. The first kappa shape index (κ1) is 10.1. The van der Waals surface area contributed by atoms with Crippen molar-refractivity contribution in [2.45, 2.75) is 33.3 Å². The van der Waals surface area contributed by atoms with E-state index in [1.807, 2.05) is 13.8 Å². The molecule has 1 atom stereocenters. The van der Waals surface area contributed by atoms with E-state index < -0.39 is 0 Å². The van der Waals surface area contributed by atoms with Gasteiger partial charge in [0, 0.05) is 0 Å². The topological polar surface area (TPSA) is 50.9 Å². The maximum atomic E-state index is 11.2. The van der Waals surface area contributed by atoms with Gasteiger partial charge in [-0.1, -0.05) is 6.92 Å². The highest BCUT2D eigenvalue weighted by molar-refractivity contribution is 4.64. The van der Waals surface area contributed by atoms with Gasteiger partial charge in [0.25, 0.3) is 0 Å². The average molecular weight is 187 g/mol. The Bertz CT molecular complexity index is 194. The highest BCUT2D eigenvalue weighted by Gasteiger charge is 2.24. The lowest BCUT2D eigenvalue weighted by Crippen LogP contribution is -2.28. The molecule has 1 aliphatic heterocycles. The monoisotopic (exact) mass is 187 g/mol. The van der Waals surface area contributed by atoms with Crippen molar-refractivity contribution >= 4 is 0 Å². The van der Waals surface area contributed by atoms with Crippen molar-refractivity contribution in [2.24, 2.45) is 11.2 Å². The smallest absolute Gasteiger partial charge is 0.233 e. The molecule has 0 saturated carbocycles. The van der Waals surface area contributed by atoms with E-state index in [0.717, 1.165) is 19.5 Å². The van der Waals surface area contributed by atoms with Gasteiger partial charge in [-0.3, -0.25) is 0 Å². The first-order valence-electron chi connectivity index (χ1n) is 4.68. The third-order valence-corrected chi connectivity index (χ3v) is 1.97. The molecule has 0 aromatic heterocycles. The van der Waals surface area contributed by atoms with E-state index in [9.17, 15) is 5.21 Å². The van der Waals surface area contributed by atoms with E-state index in [2.05, 4.69) is 12.2 Å². The highest BCUT2D eigenvalue weighted by atomic mass is 16.7. The van der Waals surface area contributed by atoms with Crippen LogP contribution < -0.4 is 0 Å². The Balaban J connectivity index is 2.38. The fourth-order valence-corrected chi connectivity index (χ4v) is 1.25. The molecule has 0 N–H and O–H groups in total. The van der Waals surface area contributed by atoms with Crippen molar-refractivity contribution < 1.29 is 9.81 Å². The Morgan fingerprint density at radius 3 is 2.77 bits per heavy atom. The summed E-state index contributed by atoms with van der Waals surface area (Å²) in [7, 11) is 0. The largest absolute Gasteiger partial charge is 0.569 e. The van der Waals surface area contributed by atoms with Crippen LogP contribution in [0, 0.1) is 11.1 Å². The summed E-state index contributed by atoms with van der Waals surface area (Å²) in [4.78, 5) is 5.41. The Hall–Kier alpha value is -1.00. The van der Waals surface area contributed by atoms with Crippen LogP contribution in [0.3, 0.4) is 0 Å². The van der Waals surface area contributed by atoms with E-state index in [0.29, 0.717) is 10.9 Å². The molecule has 76 valence electrons. The van der Waals surface area contributed by atoms with Gasteiger partial charge in [-0.05, 0) is 26.2 Å². The maximum absolute atomic E-state index is 11.2. The molecule has 1 unspecified atom stereocenters. The van der Waals surface area contributed by atoms with Crippen LogP contribution in [0.5, 0.6) is 0 Å². The number of nitrogens with zero attached hydrogens (tertiary/aromatic N) is 3. The molecule has 1 rings (SSSR count). The predicted octanol–water partition coefficient (Wildman–Crippen LogP) is 1.55. The van der Waals surface area contributed by atoms with Crippen molar-refractivity contribution in [1.29, 1.82) is 0 Å². The molecule has 1 aliphatic rings. The fraction of sp³-hybridized carbons (Fsp3) is 1.00. The predicted molar refractivity (Wildman–Crippen MR) is 47.6 cm³/mol. The van der Waals surface area contributed by atoms with Crippen LogP contribution in [0.4, 0.5) is 0 Å². The Morgan fingerprint density at radius 1 is 1.62 bits per heavy atom. The van der Waals surface area contributed by atoms with Crippen LogP contribution in [0.15, 0.2) is 5.28 Å². The number of rotatable bonds is 3. The summed E-state index contributed by atoms with van der Waals surface area (Å²) in [5, 5.41) is 16.3. The van der Waals surface area contributed by atoms with Crippen LogP contribution in [-0.4, -0.2) is 29.2 Å². The van der Waals surface area contributed by atoms with Gasteiger partial charge in [-0.15, -0.1) is 5.01 Å². The average Bonchev–Trinajstić information content (AvgIpc) is 2.47. The van der Waals surface area contributed by atoms with Gasteiger partial charge in [-0.25, -0.2) is 0 Å². The normalized spacial score (nSPS) is 24.2. The fourth-order valence-electron chi connectivity index (χ4n) is 1.25. The van der Waals surface area contributed by atoms with Crippen molar-refractivity contribution in [3.8, 4) is 0 Å². The Labute approximate surface area is 78.5 Å². The van der Waals surface area contributed by atoms with E-state index in [-0.39, 0.29) is 6.10 Å². The Morgan fingerprint density at radius 2 is 2.31 bits per heavy atom. The molecular weight excluding hydrogens is 170 g/mol. The molecule has 0 radical (unpaired) electrons. The molecule has 0 aromatic rings. The SMILES string of the molecule is CC1CCN(/[N+]([O-])=N/OC(C)C)C1. The van der Waals surface area contributed by atoms with E-state index in [1.54, 1.807) is 5.01 Å². The number of hydrogen-bond donors (Lipinski definition) is 0. The maximum Gasteiger partial charge on any atom is 0.233 e. The minimum absolute atomic E-state index is 0.0449. The summed E-state index contributed by atoms with van der Waals surface area (Å²) < 4.78 is 0. The second-order valence-corrected chi connectivity index (χ2v) is 3.80.